The number of aromatic nitrogens is 3. The molecule has 0 aromatic carbocycles. The van der Waals surface area contributed by atoms with E-state index < -0.39 is 0 Å². The van der Waals surface area contributed by atoms with Crippen LogP contribution in [-0.4, -0.2) is 27.9 Å². The first-order valence-electron chi connectivity index (χ1n) is 5.62. The minimum absolute atomic E-state index is 0.131. The number of hydrogen-bond donors (Lipinski definition) is 1. The number of amides is 1. The van der Waals surface area contributed by atoms with Crippen molar-refractivity contribution in [3.05, 3.63) is 29.2 Å². The van der Waals surface area contributed by atoms with Gasteiger partial charge in [0.15, 0.2) is 0 Å². The third kappa shape index (κ3) is 2.38. The molecule has 1 N–H and O–H groups in total. The van der Waals surface area contributed by atoms with E-state index in [4.69, 9.17) is 0 Å². The quantitative estimate of drug-likeness (QED) is 0.919. The van der Waals surface area contributed by atoms with Gasteiger partial charge in [-0.05, 0) is 5.92 Å². The van der Waals surface area contributed by atoms with Gasteiger partial charge in [0.2, 0.25) is 0 Å². The first-order valence-corrected chi connectivity index (χ1v) is 6.44. The molecule has 0 aliphatic rings. The SMILES string of the molecule is CNC(=O)c1cnc(-c2nccnc2C(C)C)s1. The highest BCUT2D eigenvalue weighted by atomic mass is 32.1. The van der Waals surface area contributed by atoms with Crippen LogP contribution in [0.2, 0.25) is 0 Å². The molecule has 0 unspecified atom stereocenters. The van der Waals surface area contributed by atoms with E-state index in [0.29, 0.717) is 4.88 Å². The Labute approximate surface area is 109 Å². The molecule has 0 aliphatic heterocycles. The molecule has 0 fully saturated rings. The number of nitrogens with zero attached hydrogens (tertiary/aromatic N) is 3. The van der Waals surface area contributed by atoms with Crippen LogP contribution in [0.25, 0.3) is 10.7 Å². The second kappa shape index (κ2) is 5.22. The van der Waals surface area contributed by atoms with E-state index in [1.165, 1.54) is 11.3 Å². The maximum absolute atomic E-state index is 11.5. The van der Waals surface area contributed by atoms with Crippen LogP contribution in [0.4, 0.5) is 0 Å². The van der Waals surface area contributed by atoms with E-state index in [1.54, 1.807) is 25.6 Å². The Kier molecular flexibility index (Phi) is 3.66. The second-order valence-corrected chi connectivity index (χ2v) is 5.08. The standard InChI is InChI=1S/C12H14N4OS/c1-7(2)9-10(15-5-4-14-9)12-16-6-8(18-12)11(17)13-3/h4-7H,1-3H3,(H,13,17). The van der Waals surface area contributed by atoms with Gasteiger partial charge in [-0.15, -0.1) is 11.3 Å². The molecule has 0 bridgehead atoms. The summed E-state index contributed by atoms with van der Waals surface area (Å²) in [5, 5.41) is 3.31. The smallest absolute Gasteiger partial charge is 0.262 e. The molecule has 94 valence electrons. The molecule has 2 aromatic heterocycles. The molecule has 0 radical (unpaired) electrons. The molecule has 2 aromatic rings. The molecule has 0 atom stereocenters. The third-order valence-corrected chi connectivity index (χ3v) is 3.44. The van der Waals surface area contributed by atoms with Crippen LogP contribution in [0.5, 0.6) is 0 Å². The Morgan fingerprint density at radius 2 is 2.00 bits per heavy atom. The van der Waals surface area contributed by atoms with Crippen molar-refractivity contribution < 1.29 is 4.79 Å². The summed E-state index contributed by atoms with van der Waals surface area (Å²) in [6, 6.07) is 0. The Morgan fingerprint density at radius 1 is 1.28 bits per heavy atom. The van der Waals surface area contributed by atoms with Crippen molar-refractivity contribution in [2.75, 3.05) is 7.05 Å². The van der Waals surface area contributed by atoms with Crippen LogP contribution in [0.3, 0.4) is 0 Å². The number of thiazole rings is 1. The summed E-state index contributed by atoms with van der Waals surface area (Å²) in [6.45, 7) is 4.11. The molecule has 5 nitrogen and oxygen atoms in total. The largest absolute Gasteiger partial charge is 0.354 e. The normalized spacial score (nSPS) is 10.7. The van der Waals surface area contributed by atoms with Crippen LogP contribution in [-0.2, 0) is 0 Å². The number of carbonyl (C=O) groups excluding carboxylic acids is 1. The van der Waals surface area contributed by atoms with Gasteiger partial charge in [-0.1, -0.05) is 13.8 Å². The van der Waals surface area contributed by atoms with Gasteiger partial charge >= 0.3 is 0 Å². The number of nitrogens with one attached hydrogen (secondary N) is 1. The number of carbonyl (C=O) groups is 1. The molecule has 2 heterocycles. The zero-order valence-corrected chi connectivity index (χ0v) is 11.3. The Morgan fingerprint density at radius 3 is 2.67 bits per heavy atom. The van der Waals surface area contributed by atoms with Gasteiger partial charge in [-0.25, -0.2) is 4.98 Å². The van der Waals surface area contributed by atoms with Gasteiger partial charge in [-0.2, -0.15) is 0 Å². The predicted octanol–water partition coefficient (Wildman–Crippen LogP) is 2.08. The molecular weight excluding hydrogens is 248 g/mol. The van der Waals surface area contributed by atoms with E-state index in [-0.39, 0.29) is 11.8 Å². The van der Waals surface area contributed by atoms with E-state index in [9.17, 15) is 4.79 Å². The van der Waals surface area contributed by atoms with Gasteiger partial charge < -0.3 is 5.32 Å². The molecule has 0 spiro atoms. The topological polar surface area (TPSA) is 67.8 Å². The molecule has 0 saturated heterocycles. The fourth-order valence-corrected chi connectivity index (χ4v) is 2.42. The van der Waals surface area contributed by atoms with Gasteiger partial charge in [0.1, 0.15) is 15.6 Å². The summed E-state index contributed by atoms with van der Waals surface area (Å²) < 4.78 is 0. The average molecular weight is 262 g/mol. The second-order valence-electron chi connectivity index (χ2n) is 4.05. The summed E-state index contributed by atoms with van der Waals surface area (Å²) in [7, 11) is 1.60. The van der Waals surface area contributed by atoms with E-state index >= 15 is 0 Å². The first-order chi connectivity index (χ1) is 8.63. The fraction of sp³-hybridized carbons (Fsp3) is 0.333. The molecule has 18 heavy (non-hydrogen) atoms. The minimum atomic E-state index is -0.131. The van der Waals surface area contributed by atoms with Crippen molar-refractivity contribution in [1.82, 2.24) is 20.3 Å². The van der Waals surface area contributed by atoms with Crippen LogP contribution < -0.4 is 5.32 Å². The van der Waals surface area contributed by atoms with Crippen LogP contribution in [0, 0.1) is 0 Å². The molecular formula is C12H14N4OS. The zero-order valence-electron chi connectivity index (χ0n) is 10.5. The Bertz CT molecular complexity index is 565. The van der Waals surface area contributed by atoms with Crippen LogP contribution in [0.1, 0.15) is 35.1 Å². The summed E-state index contributed by atoms with van der Waals surface area (Å²) in [6.07, 6.45) is 4.88. The minimum Gasteiger partial charge on any atom is -0.354 e. The first kappa shape index (κ1) is 12.6. The van der Waals surface area contributed by atoms with Crippen molar-refractivity contribution >= 4 is 17.2 Å². The maximum Gasteiger partial charge on any atom is 0.262 e. The van der Waals surface area contributed by atoms with Crippen LogP contribution in [0.15, 0.2) is 18.6 Å². The molecule has 1 amide bonds. The Hall–Kier alpha value is -1.82. The summed E-state index contributed by atoms with van der Waals surface area (Å²) in [4.78, 5) is 25.0. The summed E-state index contributed by atoms with van der Waals surface area (Å²) in [5.74, 6) is 0.134. The highest BCUT2D eigenvalue weighted by Gasteiger charge is 2.16. The molecule has 0 saturated carbocycles. The molecule has 0 aliphatic carbocycles. The van der Waals surface area contributed by atoms with Crippen molar-refractivity contribution in [3.63, 3.8) is 0 Å². The highest BCUT2D eigenvalue weighted by molar-refractivity contribution is 7.16. The summed E-state index contributed by atoms with van der Waals surface area (Å²) in [5.41, 5.74) is 1.66. The predicted molar refractivity (Wildman–Crippen MR) is 70.6 cm³/mol. The maximum atomic E-state index is 11.5. The van der Waals surface area contributed by atoms with Crippen molar-refractivity contribution in [2.45, 2.75) is 19.8 Å². The van der Waals surface area contributed by atoms with Gasteiger partial charge in [0, 0.05) is 19.4 Å². The van der Waals surface area contributed by atoms with E-state index in [1.807, 2.05) is 0 Å². The lowest BCUT2D eigenvalue weighted by Gasteiger charge is -2.07. The average Bonchev–Trinajstić information content (AvgIpc) is 2.87. The van der Waals surface area contributed by atoms with Crippen LogP contribution >= 0.6 is 11.3 Å². The van der Waals surface area contributed by atoms with Crippen molar-refractivity contribution in [3.8, 4) is 10.7 Å². The zero-order chi connectivity index (χ0) is 13.1. The summed E-state index contributed by atoms with van der Waals surface area (Å²) >= 11 is 1.32. The Balaban J connectivity index is 2.43. The van der Waals surface area contributed by atoms with Gasteiger partial charge in [-0.3, -0.25) is 14.8 Å². The third-order valence-electron chi connectivity index (χ3n) is 2.43. The number of rotatable bonds is 3. The highest BCUT2D eigenvalue weighted by Crippen LogP contribution is 2.28. The lowest BCUT2D eigenvalue weighted by Crippen LogP contribution is -2.16. The molecule has 2 rings (SSSR count). The monoisotopic (exact) mass is 262 g/mol. The molecule has 6 heteroatoms. The van der Waals surface area contributed by atoms with Gasteiger partial charge in [0.25, 0.3) is 5.91 Å². The lowest BCUT2D eigenvalue weighted by atomic mass is 10.1. The van der Waals surface area contributed by atoms with Crippen molar-refractivity contribution in [2.24, 2.45) is 0 Å². The van der Waals surface area contributed by atoms with E-state index in [2.05, 4.69) is 34.1 Å². The van der Waals surface area contributed by atoms with Gasteiger partial charge in [0.05, 0.1) is 11.9 Å². The number of hydrogen-bond acceptors (Lipinski definition) is 5. The van der Waals surface area contributed by atoms with Crippen molar-refractivity contribution in [1.29, 1.82) is 0 Å². The fourth-order valence-electron chi connectivity index (χ4n) is 1.55. The van der Waals surface area contributed by atoms with E-state index in [0.717, 1.165) is 16.4 Å². The lowest BCUT2D eigenvalue weighted by molar-refractivity contribution is 0.0967.